The molecule has 0 unspecified atom stereocenters. The maximum atomic E-state index is 4.66. The number of hydrogen-bond donors (Lipinski definition) is 1. The van der Waals surface area contributed by atoms with Gasteiger partial charge in [-0.2, -0.15) is 9.61 Å². The summed E-state index contributed by atoms with van der Waals surface area (Å²) in [5.41, 5.74) is 5.02. The summed E-state index contributed by atoms with van der Waals surface area (Å²) < 4.78 is 1.75. The van der Waals surface area contributed by atoms with Crippen LogP contribution >= 0.6 is 0 Å². The third kappa shape index (κ3) is 3.95. The van der Waals surface area contributed by atoms with E-state index in [1.165, 1.54) is 5.56 Å². The molecule has 7 nitrogen and oxygen atoms in total. The summed E-state index contributed by atoms with van der Waals surface area (Å²) >= 11 is 0. The number of aromatic nitrogens is 5. The lowest BCUT2D eigenvalue weighted by atomic mass is 10.0. The van der Waals surface area contributed by atoms with Crippen molar-refractivity contribution in [3.05, 3.63) is 72.8 Å². The first-order valence-corrected chi connectivity index (χ1v) is 9.99. The van der Waals surface area contributed by atoms with Gasteiger partial charge in [0.2, 0.25) is 5.65 Å². The minimum absolute atomic E-state index is 0.409. The fourth-order valence-corrected chi connectivity index (χ4v) is 3.89. The van der Waals surface area contributed by atoms with Crippen LogP contribution in [0, 0.1) is 0 Å². The van der Waals surface area contributed by atoms with Gasteiger partial charge >= 0.3 is 0 Å². The second kappa shape index (κ2) is 7.97. The number of benzene rings is 1. The van der Waals surface area contributed by atoms with E-state index in [2.05, 4.69) is 54.8 Å². The standard InChI is InChI=1S/C22H23N7/c1-2-6-18(7-3-1)20-13-21(22-26-24-16-29(22)27-20)25-19-8-11-28(12-9-19)15-17-5-4-10-23-14-17/h1-7,10,13-14,16,19,25H,8-9,11-12,15H2. The van der Waals surface area contributed by atoms with E-state index in [-0.39, 0.29) is 0 Å². The van der Waals surface area contributed by atoms with E-state index in [0.29, 0.717) is 6.04 Å². The molecule has 0 atom stereocenters. The van der Waals surface area contributed by atoms with E-state index in [4.69, 9.17) is 0 Å². The number of fused-ring (bicyclic) bond motifs is 1. The summed E-state index contributed by atoms with van der Waals surface area (Å²) in [7, 11) is 0. The maximum absolute atomic E-state index is 4.66. The molecule has 0 radical (unpaired) electrons. The van der Waals surface area contributed by atoms with Crippen molar-refractivity contribution in [1.29, 1.82) is 0 Å². The van der Waals surface area contributed by atoms with E-state index in [0.717, 1.165) is 55.1 Å². The van der Waals surface area contributed by atoms with Crippen LogP contribution in [0.5, 0.6) is 0 Å². The van der Waals surface area contributed by atoms with Crippen molar-refractivity contribution in [2.24, 2.45) is 0 Å². The fourth-order valence-electron chi connectivity index (χ4n) is 3.89. The number of likely N-dealkylation sites (tertiary alicyclic amines) is 1. The second-order valence-corrected chi connectivity index (χ2v) is 7.46. The summed E-state index contributed by atoms with van der Waals surface area (Å²) in [5.74, 6) is 0. The smallest absolute Gasteiger partial charge is 0.200 e. The molecule has 1 saturated heterocycles. The molecule has 5 rings (SSSR count). The fraction of sp³-hybridized carbons (Fsp3) is 0.273. The number of hydrogen-bond acceptors (Lipinski definition) is 6. The molecule has 0 aliphatic carbocycles. The first-order chi connectivity index (χ1) is 14.3. The molecule has 3 aromatic heterocycles. The largest absolute Gasteiger partial charge is 0.379 e. The summed E-state index contributed by atoms with van der Waals surface area (Å²) in [6.07, 6.45) is 7.61. The Kier molecular flexibility index (Phi) is 4.88. The van der Waals surface area contributed by atoms with Gasteiger partial charge in [-0.25, -0.2) is 0 Å². The van der Waals surface area contributed by atoms with Crippen LogP contribution in [0.2, 0.25) is 0 Å². The van der Waals surface area contributed by atoms with E-state index in [1.54, 1.807) is 10.8 Å². The van der Waals surface area contributed by atoms with Crippen LogP contribution in [0.25, 0.3) is 16.9 Å². The monoisotopic (exact) mass is 385 g/mol. The van der Waals surface area contributed by atoms with Crippen molar-refractivity contribution in [1.82, 2.24) is 29.7 Å². The lowest BCUT2D eigenvalue weighted by molar-refractivity contribution is 0.211. The average Bonchev–Trinajstić information content (AvgIpc) is 3.26. The van der Waals surface area contributed by atoms with Crippen LogP contribution in [0.1, 0.15) is 18.4 Å². The van der Waals surface area contributed by atoms with Crippen molar-refractivity contribution in [3.63, 3.8) is 0 Å². The Bertz CT molecular complexity index is 1070. The van der Waals surface area contributed by atoms with Crippen molar-refractivity contribution < 1.29 is 0 Å². The second-order valence-electron chi connectivity index (χ2n) is 7.46. The molecule has 0 spiro atoms. The van der Waals surface area contributed by atoms with Crippen LogP contribution in [0.15, 0.2) is 67.3 Å². The van der Waals surface area contributed by atoms with E-state index in [1.807, 2.05) is 36.7 Å². The number of piperidine rings is 1. The molecule has 1 N–H and O–H groups in total. The first kappa shape index (κ1) is 17.8. The van der Waals surface area contributed by atoms with E-state index < -0.39 is 0 Å². The molecule has 1 aromatic carbocycles. The highest BCUT2D eigenvalue weighted by atomic mass is 15.3. The van der Waals surface area contributed by atoms with Crippen LogP contribution in [0.4, 0.5) is 5.69 Å². The third-order valence-electron chi connectivity index (χ3n) is 5.41. The van der Waals surface area contributed by atoms with Crippen LogP contribution in [0.3, 0.4) is 0 Å². The number of nitrogens with zero attached hydrogens (tertiary/aromatic N) is 6. The molecule has 29 heavy (non-hydrogen) atoms. The molecular formula is C22H23N7. The number of anilines is 1. The third-order valence-corrected chi connectivity index (χ3v) is 5.41. The zero-order chi connectivity index (χ0) is 19.5. The molecule has 1 aliphatic heterocycles. The predicted molar refractivity (Wildman–Crippen MR) is 112 cm³/mol. The molecule has 1 aliphatic rings. The van der Waals surface area contributed by atoms with Gasteiger partial charge in [-0.05, 0) is 30.5 Å². The quantitative estimate of drug-likeness (QED) is 0.569. The highest BCUT2D eigenvalue weighted by Crippen LogP contribution is 2.25. The minimum atomic E-state index is 0.409. The number of rotatable bonds is 5. The van der Waals surface area contributed by atoms with Crippen molar-refractivity contribution in [3.8, 4) is 11.3 Å². The lowest BCUT2D eigenvalue weighted by Crippen LogP contribution is -2.38. The Balaban J connectivity index is 1.30. The molecule has 0 bridgehead atoms. The molecule has 1 fully saturated rings. The van der Waals surface area contributed by atoms with Gasteiger partial charge in [0.25, 0.3) is 0 Å². The predicted octanol–water partition coefficient (Wildman–Crippen LogP) is 3.26. The van der Waals surface area contributed by atoms with Gasteiger partial charge in [-0.15, -0.1) is 10.2 Å². The molecule has 7 heteroatoms. The van der Waals surface area contributed by atoms with E-state index in [9.17, 15) is 0 Å². The minimum Gasteiger partial charge on any atom is -0.379 e. The molecule has 4 heterocycles. The Labute approximate surface area is 169 Å². The Morgan fingerprint density at radius 3 is 2.69 bits per heavy atom. The Hall–Kier alpha value is -3.32. The van der Waals surface area contributed by atoms with Gasteiger partial charge in [-0.3, -0.25) is 9.88 Å². The van der Waals surface area contributed by atoms with Gasteiger partial charge in [0.05, 0.1) is 11.4 Å². The van der Waals surface area contributed by atoms with Gasteiger partial charge in [0.15, 0.2) is 0 Å². The molecular weight excluding hydrogens is 362 g/mol. The maximum Gasteiger partial charge on any atom is 0.200 e. The molecule has 0 amide bonds. The molecule has 0 saturated carbocycles. The zero-order valence-corrected chi connectivity index (χ0v) is 16.1. The number of nitrogens with one attached hydrogen (secondary N) is 1. The highest BCUT2D eigenvalue weighted by molar-refractivity contribution is 5.73. The normalized spacial score (nSPS) is 15.6. The zero-order valence-electron chi connectivity index (χ0n) is 16.1. The summed E-state index contributed by atoms with van der Waals surface area (Å²) in [6.45, 7) is 3.08. The molecule has 4 aromatic rings. The van der Waals surface area contributed by atoms with Crippen molar-refractivity contribution in [2.75, 3.05) is 18.4 Å². The SMILES string of the molecule is c1ccc(-c2cc(NC3CCN(Cc4cccnc4)CC3)c3nncn3n2)cc1. The Morgan fingerprint density at radius 2 is 1.90 bits per heavy atom. The van der Waals surface area contributed by atoms with Gasteiger partial charge in [0, 0.05) is 43.6 Å². The van der Waals surface area contributed by atoms with Gasteiger partial charge in [-0.1, -0.05) is 36.4 Å². The van der Waals surface area contributed by atoms with Gasteiger partial charge in [0.1, 0.15) is 6.33 Å². The van der Waals surface area contributed by atoms with Crippen molar-refractivity contribution >= 4 is 11.3 Å². The van der Waals surface area contributed by atoms with Crippen LogP contribution in [-0.4, -0.2) is 48.8 Å². The summed E-state index contributed by atoms with van der Waals surface area (Å²) in [6, 6.07) is 16.8. The van der Waals surface area contributed by atoms with Crippen molar-refractivity contribution in [2.45, 2.75) is 25.4 Å². The lowest BCUT2D eigenvalue weighted by Gasteiger charge is -2.32. The van der Waals surface area contributed by atoms with Gasteiger partial charge < -0.3 is 5.32 Å². The highest BCUT2D eigenvalue weighted by Gasteiger charge is 2.21. The molecule has 146 valence electrons. The van der Waals surface area contributed by atoms with Crippen LogP contribution < -0.4 is 5.32 Å². The van der Waals surface area contributed by atoms with Crippen LogP contribution in [-0.2, 0) is 6.54 Å². The average molecular weight is 385 g/mol. The first-order valence-electron chi connectivity index (χ1n) is 9.99. The summed E-state index contributed by atoms with van der Waals surface area (Å²) in [5, 5.41) is 16.7. The van der Waals surface area contributed by atoms with E-state index >= 15 is 0 Å². The summed E-state index contributed by atoms with van der Waals surface area (Å²) in [4.78, 5) is 6.71. The topological polar surface area (TPSA) is 71.2 Å². The number of pyridine rings is 1. The Morgan fingerprint density at radius 1 is 1.03 bits per heavy atom.